The Labute approximate surface area is 164 Å². The van der Waals surface area contributed by atoms with Crippen molar-refractivity contribution in [2.75, 3.05) is 5.73 Å². The van der Waals surface area contributed by atoms with Gasteiger partial charge in [0.25, 0.3) is 0 Å². The van der Waals surface area contributed by atoms with E-state index in [2.05, 4.69) is 9.97 Å². The first-order valence-electron chi connectivity index (χ1n) is 8.58. The van der Waals surface area contributed by atoms with Gasteiger partial charge in [0.05, 0.1) is 12.0 Å². The zero-order valence-corrected chi connectivity index (χ0v) is 15.3. The molecule has 3 heterocycles. The maximum absolute atomic E-state index is 10.8. The summed E-state index contributed by atoms with van der Waals surface area (Å²) in [6, 6.07) is 6.34. The monoisotopic (exact) mass is 406 g/mol. The van der Waals surface area contributed by atoms with E-state index in [0.29, 0.717) is 27.2 Å². The number of halogens is 1. The third-order valence-electron chi connectivity index (χ3n) is 5.00. The van der Waals surface area contributed by atoms with Gasteiger partial charge in [0, 0.05) is 11.2 Å². The third kappa shape index (κ3) is 3.02. The second-order valence-electron chi connectivity index (χ2n) is 6.64. The molecule has 1 aliphatic rings. The van der Waals surface area contributed by atoms with Crippen LogP contribution in [0.15, 0.2) is 36.8 Å². The van der Waals surface area contributed by atoms with Gasteiger partial charge < -0.3 is 35.5 Å². The van der Waals surface area contributed by atoms with E-state index in [1.807, 2.05) is 0 Å². The average molecular weight is 407 g/mol. The summed E-state index contributed by atoms with van der Waals surface area (Å²) in [7, 11) is 0. The first kappa shape index (κ1) is 19.1. The minimum atomic E-state index is -1.39. The van der Waals surface area contributed by atoms with E-state index in [9.17, 15) is 20.4 Å². The molecule has 4 rings (SSSR count). The van der Waals surface area contributed by atoms with Gasteiger partial charge >= 0.3 is 0 Å². The quantitative estimate of drug-likeness (QED) is 0.421. The molecular weight excluding hydrogens is 388 g/mol. The summed E-state index contributed by atoms with van der Waals surface area (Å²) in [5.74, 6) is 0.278. The maximum Gasteiger partial charge on any atom is 0.164 e. The molecule has 0 spiro atoms. The number of fused-ring (bicyclic) bond motifs is 1. The number of aliphatic hydroxyl groups excluding tert-OH is 4. The van der Waals surface area contributed by atoms with Crippen molar-refractivity contribution >= 4 is 28.5 Å². The highest BCUT2D eigenvalue weighted by molar-refractivity contribution is 6.30. The summed E-state index contributed by atoms with van der Waals surface area (Å²) < 4.78 is 7.35. The maximum atomic E-state index is 10.8. The molecule has 0 bridgehead atoms. The molecule has 1 aromatic carbocycles. The van der Waals surface area contributed by atoms with E-state index >= 15 is 0 Å². The smallest absolute Gasteiger partial charge is 0.164 e. The van der Waals surface area contributed by atoms with E-state index in [0.717, 1.165) is 0 Å². The van der Waals surface area contributed by atoms with E-state index in [1.165, 1.54) is 17.0 Å². The highest BCUT2D eigenvalue weighted by atomic mass is 35.5. The number of nitrogen functional groups attached to an aromatic ring is 1. The van der Waals surface area contributed by atoms with E-state index in [1.54, 1.807) is 24.4 Å². The van der Waals surface area contributed by atoms with Gasteiger partial charge in [-0.1, -0.05) is 17.7 Å². The zero-order chi connectivity index (χ0) is 20.0. The van der Waals surface area contributed by atoms with E-state index < -0.39 is 30.6 Å². The highest BCUT2D eigenvalue weighted by Crippen LogP contribution is 2.39. The Balaban J connectivity index is 1.68. The van der Waals surface area contributed by atoms with Gasteiger partial charge in [0.1, 0.15) is 42.2 Å². The second-order valence-corrected chi connectivity index (χ2v) is 7.07. The largest absolute Gasteiger partial charge is 0.392 e. The van der Waals surface area contributed by atoms with Crippen LogP contribution in [0, 0.1) is 0 Å². The fraction of sp³-hybridized carbons (Fsp3) is 0.333. The van der Waals surface area contributed by atoms with Gasteiger partial charge in [-0.2, -0.15) is 0 Å². The fourth-order valence-electron chi connectivity index (χ4n) is 3.53. The minimum absolute atomic E-state index is 0.278. The van der Waals surface area contributed by atoms with E-state index in [-0.39, 0.29) is 12.4 Å². The van der Waals surface area contributed by atoms with Crippen molar-refractivity contribution in [3.05, 3.63) is 52.9 Å². The van der Waals surface area contributed by atoms with Crippen molar-refractivity contribution in [1.29, 1.82) is 0 Å². The fourth-order valence-corrected chi connectivity index (χ4v) is 3.71. The van der Waals surface area contributed by atoms with E-state index in [4.69, 9.17) is 22.1 Å². The summed E-state index contributed by atoms with van der Waals surface area (Å²) in [4.78, 5) is 8.08. The van der Waals surface area contributed by atoms with Crippen LogP contribution in [0.4, 0.5) is 5.82 Å². The van der Waals surface area contributed by atoms with Crippen LogP contribution in [0.1, 0.15) is 23.5 Å². The zero-order valence-electron chi connectivity index (χ0n) is 14.6. The summed E-state index contributed by atoms with van der Waals surface area (Å²) in [6.45, 7) is -0.323. The number of nitrogens with two attached hydrogens (primary N) is 1. The number of hydrogen-bond donors (Lipinski definition) is 5. The molecule has 28 heavy (non-hydrogen) atoms. The SMILES string of the molecule is Nc1ncnc2c1ccn2[C@@H]1O[C@H]([C@H](O)c2cc(Cl)ccc2CO)[C@@H](O)[C@H]1O. The molecule has 6 N–H and O–H groups in total. The van der Waals surface area contributed by atoms with Crippen molar-refractivity contribution < 1.29 is 25.2 Å². The topological polar surface area (TPSA) is 147 Å². The molecule has 0 unspecified atom stereocenters. The molecule has 0 radical (unpaired) electrons. The summed E-state index contributed by atoms with van der Waals surface area (Å²) in [5.41, 5.74) is 7.02. The Bertz CT molecular complexity index is 1010. The molecule has 1 saturated heterocycles. The predicted octanol–water partition coefficient (Wildman–Crippen LogP) is 0.512. The predicted molar refractivity (Wildman–Crippen MR) is 100 cm³/mol. The van der Waals surface area contributed by atoms with Crippen molar-refractivity contribution in [3.63, 3.8) is 0 Å². The third-order valence-corrected chi connectivity index (χ3v) is 5.23. The standard InChI is InChI=1S/C18H19ClN4O5/c19-9-2-1-8(6-24)11(5-9)12(25)15-13(26)14(27)18(28-15)23-4-3-10-16(20)21-7-22-17(10)23/h1-5,7,12-15,18,24-27H,6H2,(H2,20,21,22)/t12-,13+,14-,15-,18-/m1/s1. The lowest BCUT2D eigenvalue weighted by molar-refractivity contribution is -0.0852. The molecule has 3 aromatic rings. The normalized spacial score (nSPS) is 26.0. The summed E-state index contributed by atoms with van der Waals surface area (Å²) in [6.07, 6.45) is -3.29. The van der Waals surface area contributed by atoms with Crippen LogP contribution in [-0.4, -0.2) is 53.3 Å². The van der Waals surface area contributed by atoms with Crippen molar-refractivity contribution in [1.82, 2.24) is 14.5 Å². The minimum Gasteiger partial charge on any atom is -0.392 e. The molecule has 148 valence electrons. The second kappa shape index (κ2) is 7.28. The number of benzene rings is 1. The number of nitrogens with zero attached hydrogens (tertiary/aromatic N) is 3. The molecule has 5 atom stereocenters. The molecule has 0 amide bonds. The average Bonchev–Trinajstić information content (AvgIpc) is 3.24. The van der Waals surface area contributed by atoms with Crippen LogP contribution in [0.2, 0.25) is 5.02 Å². The first-order chi connectivity index (χ1) is 13.4. The van der Waals surface area contributed by atoms with Gasteiger partial charge in [0.2, 0.25) is 0 Å². The molecule has 10 heteroatoms. The molecule has 1 fully saturated rings. The summed E-state index contributed by atoms with van der Waals surface area (Å²) >= 11 is 6.00. The molecule has 0 saturated carbocycles. The van der Waals surface area contributed by atoms with Crippen molar-refractivity contribution in [2.45, 2.75) is 37.3 Å². The van der Waals surface area contributed by atoms with Gasteiger partial charge in [-0.25, -0.2) is 9.97 Å². The molecule has 1 aliphatic heterocycles. The van der Waals surface area contributed by atoms with Gasteiger partial charge in [-0.3, -0.25) is 0 Å². The number of anilines is 1. The van der Waals surface area contributed by atoms with Crippen LogP contribution in [0.5, 0.6) is 0 Å². The van der Waals surface area contributed by atoms with Crippen LogP contribution < -0.4 is 5.73 Å². The molecule has 2 aromatic heterocycles. The Morgan fingerprint density at radius 2 is 2.00 bits per heavy atom. The Hall–Kier alpha value is -2.27. The van der Waals surface area contributed by atoms with Gasteiger partial charge in [-0.15, -0.1) is 0 Å². The number of rotatable bonds is 4. The lowest BCUT2D eigenvalue weighted by Crippen LogP contribution is -2.35. The number of aromatic nitrogens is 3. The molecule has 0 aliphatic carbocycles. The van der Waals surface area contributed by atoms with Crippen LogP contribution >= 0.6 is 11.6 Å². The van der Waals surface area contributed by atoms with Crippen LogP contribution in [0.3, 0.4) is 0 Å². The lowest BCUT2D eigenvalue weighted by atomic mass is 9.95. The number of hydrogen-bond acceptors (Lipinski definition) is 8. The lowest BCUT2D eigenvalue weighted by Gasteiger charge is -2.23. The molecule has 9 nitrogen and oxygen atoms in total. The Kier molecular flexibility index (Phi) is 4.96. The highest BCUT2D eigenvalue weighted by Gasteiger charge is 2.47. The number of ether oxygens (including phenoxy) is 1. The Morgan fingerprint density at radius 1 is 1.21 bits per heavy atom. The van der Waals surface area contributed by atoms with Crippen LogP contribution in [-0.2, 0) is 11.3 Å². The first-order valence-corrected chi connectivity index (χ1v) is 8.96. The van der Waals surface area contributed by atoms with Gasteiger partial charge in [0.15, 0.2) is 6.23 Å². The van der Waals surface area contributed by atoms with Crippen LogP contribution in [0.25, 0.3) is 11.0 Å². The van der Waals surface area contributed by atoms with Crippen molar-refractivity contribution in [2.24, 2.45) is 0 Å². The molecular formula is C18H19ClN4O5. The summed E-state index contributed by atoms with van der Waals surface area (Å²) in [5, 5.41) is 42.3. The Morgan fingerprint density at radius 3 is 2.75 bits per heavy atom. The van der Waals surface area contributed by atoms with Crippen molar-refractivity contribution in [3.8, 4) is 0 Å². The van der Waals surface area contributed by atoms with Gasteiger partial charge in [-0.05, 0) is 29.3 Å². The number of aliphatic hydroxyl groups is 4.